The number of aliphatic carboxylic acids is 1. The van der Waals surface area contributed by atoms with Crippen LogP contribution in [0.4, 0.5) is 0 Å². The molecule has 1 atom stereocenters. The lowest BCUT2D eigenvalue weighted by atomic mass is 9.80. The van der Waals surface area contributed by atoms with E-state index >= 15 is 0 Å². The van der Waals surface area contributed by atoms with Crippen LogP contribution in [-0.2, 0) is 23.7 Å². The summed E-state index contributed by atoms with van der Waals surface area (Å²) >= 11 is 0. The van der Waals surface area contributed by atoms with E-state index in [4.69, 9.17) is 5.26 Å². The van der Waals surface area contributed by atoms with Gasteiger partial charge in [0.2, 0.25) is 0 Å². The molecule has 1 N–H and O–H groups in total. The maximum Gasteiger partial charge on any atom is 0.315 e. The van der Waals surface area contributed by atoms with E-state index < -0.39 is 11.4 Å². The molecule has 0 saturated carbocycles. The van der Waals surface area contributed by atoms with Crippen molar-refractivity contribution in [2.24, 2.45) is 7.05 Å². The van der Waals surface area contributed by atoms with E-state index in [1.54, 1.807) is 0 Å². The molecule has 0 radical (unpaired) electrons. The lowest BCUT2D eigenvalue weighted by Gasteiger charge is -2.26. The van der Waals surface area contributed by atoms with Crippen LogP contribution in [0.25, 0.3) is 10.9 Å². The van der Waals surface area contributed by atoms with Crippen molar-refractivity contribution in [2.45, 2.75) is 43.9 Å². The molecule has 3 rings (SSSR count). The van der Waals surface area contributed by atoms with E-state index in [2.05, 4.69) is 22.8 Å². The molecule has 2 aromatic rings. The van der Waals surface area contributed by atoms with Gasteiger partial charge in [0, 0.05) is 30.1 Å². The molecule has 0 bridgehead atoms. The zero-order valence-corrected chi connectivity index (χ0v) is 12.8. The van der Waals surface area contributed by atoms with E-state index in [-0.39, 0.29) is 0 Å². The summed E-state index contributed by atoms with van der Waals surface area (Å²) in [6.07, 6.45) is 4.14. The van der Waals surface area contributed by atoms with Gasteiger partial charge in [-0.15, -0.1) is 0 Å². The minimum Gasteiger partial charge on any atom is -0.481 e. The highest BCUT2D eigenvalue weighted by molar-refractivity contribution is 5.92. The molecular formula is C18H20N2O2. The number of rotatable bonds is 5. The lowest BCUT2D eigenvalue weighted by Crippen LogP contribution is -2.35. The molecule has 1 heterocycles. The van der Waals surface area contributed by atoms with Crippen molar-refractivity contribution >= 4 is 16.9 Å². The highest BCUT2D eigenvalue weighted by Crippen LogP contribution is 2.46. The normalized spacial score (nSPS) is 20.0. The summed E-state index contributed by atoms with van der Waals surface area (Å²) in [6, 6.07) is 10.3. The van der Waals surface area contributed by atoms with Crippen molar-refractivity contribution in [2.75, 3.05) is 0 Å². The first-order chi connectivity index (χ1) is 10.6. The smallest absolute Gasteiger partial charge is 0.315 e. The van der Waals surface area contributed by atoms with Crippen molar-refractivity contribution in [1.82, 2.24) is 4.57 Å². The molecule has 22 heavy (non-hydrogen) atoms. The van der Waals surface area contributed by atoms with Crippen molar-refractivity contribution < 1.29 is 9.90 Å². The molecule has 0 aliphatic heterocycles. The second-order valence-electron chi connectivity index (χ2n) is 6.16. The van der Waals surface area contributed by atoms with Gasteiger partial charge < -0.3 is 9.67 Å². The molecule has 0 unspecified atom stereocenters. The highest BCUT2D eigenvalue weighted by atomic mass is 16.4. The summed E-state index contributed by atoms with van der Waals surface area (Å²) in [4.78, 5) is 12.1. The number of carboxylic acids is 1. The number of hydrogen-bond acceptors (Lipinski definition) is 2. The van der Waals surface area contributed by atoms with Gasteiger partial charge in [-0.3, -0.25) is 4.79 Å². The lowest BCUT2D eigenvalue weighted by molar-refractivity contribution is -0.144. The maximum atomic E-state index is 12.1. The van der Waals surface area contributed by atoms with Crippen LogP contribution >= 0.6 is 0 Å². The first-order valence-electron chi connectivity index (χ1n) is 7.79. The predicted molar refractivity (Wildman–Crippen MR) is 84.6 cm³/mol. The molecule has 1 aromatic carbocycles. The van der Waals surface area contributed by atoms with Crippen molar-refractivity contribution in [3.63, 3.8) is 0 Å². The van der Waals surface area contributed by atoms with E-state index in [1.165, 1.54) is 10.9 Å². The van der Waals surface area contributed by atoms with Gasteiger partial charge in [-0.2, -0.15) is 5.26 Å². The molecule has 1 aliphatic carbocycles. The van der Waals surface area contributed by atoms with Gasteiger partial charge in [0.25, 0.3) is 0 Å². The van der Waals surface area contributed by atoms with Gasteiger partial charge in [0.1, 0.15) is 5.41 Å². The number of unbranched alkanes of at least 4 members (excludes halogenated alkanes) is 2. The number of hydrogen-bond donors (Lipinski definition) is 1. The van der Waals surface area contributed by atoms with Crippen LogP contribution in [0.5, 0.6) is 0 Å². The van der Waals surface area contributed by atoms with Crippen molar-refractivity contribution in [3.05, 3.63) is 35.5 Å². The fourth-order valence-corrected chi connectivity index (χ4v) is 3.98. The summed E-state index contributed by atoms with van der Waals surface area (Å²) < 4.78 is 2.07. The summed E-state index contributed by atoms with van der Waals surface area (Å²) in [5.41, 5.74) is 2.48. The number of nitrogens with zero attached hydrogens (tertiary/aromatic N) is 2. The van der Waals surface area contributed by atoms with E-state index in [0.717, 1.165) is 30.5 Å². The van der Waals surface area contributed by atoms with Crippen LogP contribution in [0.2, 0.25) is 0 Å². The minimum atomic E-state index is -0.793. The Morgan fingerprint density at radius 1 is 1.41 bits per heavy atom. The second kappa shape index (κ2) is 5.49. The van der Waals surface area contributed by atoms with E-state index in [1.807, 2.05) is 19.2 Å². The second-order valence-corrected chi connectivity index (χ2v) is 6.16. The zero-order valence-electron chi connectivity index (χ0n) is 12.8. The van der Waals surface area contributed by atoms with Gasteiger partial charge in [-0.25, -0.2) is 0 Å². The van der Waals surface area contributed by atoms with Crippen LogP contribution in [0.1, 0.15) is 43.4 Å². The average molecular weight is 296 g/mol. The van der Waals surface area contributed by atoms with E-state index in [9.17, 15) is 9.90 Å². The molecule has 114 valence electrons. The molecular weight excluding hydrogens is 276 g/mol. The Kier molecular flexibility index (Phi) is 3.66. The van der Waals surface area contributed by atoms with Gasteiger partial charge in [-0.05, 0) is 37.3 Å². The number of fused-ring (bicyclic) bond motifs is 3. The Morgan fingerprint density at radius 3 is 2.91 bits per heavy atom. The van der Waals surface area contributed by atoms with Crippen LogP contribution < -0.4 is 0 Å². The molecule has 0 fully saturated rings. The third-order valence-corrected chi connectivity index (χ3v) is 5.02. The van der Waals surface area contributed by atoms with Gasteiger partial charge in [0.15, 0.2) is 0 Å². The SMILES string of the molecule is Cn1c2c(c3ccccc31)CC[C@]2(CCCCC#N)C(=O)O. The number of carbonyl (C=O) groups is 1. The number of nitriles is 1. The van der Waals surface area contributed by atoms with Crippen LogP contribution in [0, 0.1) is 11.3 Å². The van der Waals surface area contributed by atoms with Gasteiger partial charge in [-0.1, -0.05) is 24.6 Å². The van der Waals surface area contributed by atoms with Gasteiger partial charge in [0.05, 0.1) is 6.07 Å². The Hall–Kier alpha value is -2.28. The Morgan fingerprint density at radius 2 is 2.18 bits per heavy atom. The molecule has 0 amide bonds. The fourth-order valence-electron chi connectivity index (χ4n) is 3.98. The van der Waals surface area contributed by atoms with Crippen LogP contribution in [0.3, 0.4) is 0 Å². The number of aryl methyl sites for hydroxylation is 2. The molecule has 1 aromatic heterocycles. The minimum absolute atomic E-state index is 0.498. The summed E-state index contributed by atoms with van der Waals surface area (Å²) in [5, 5.41) is 19.8. The fraction of sp³-hybridized carbons (Fsp3) is 0.444. The summed E-state index contributed by atoms with van der Waals surface area (Å²) in [7, 11) is 1.97. The molecule has 0 saturated heterocycles. The Balaban J connectivity index is 2.06. The quantitative estimate of drug-likeness (QED) is 0.858. The van der Waals surface area contributed by atoms with Crippen LogP contribution in [-0.4, -0.2) is 15.6 Å². The molecule has 1 aliphatic rings. The van der Waals surface area contributed by atoms with Crippen molar-refractivity contribution in [3.8, 4) is 6.07 Å². The van der Waals surface area contributed by atoms with Crippen LogP contribution in [0.15, 0.2) is 24.3 Å². The van der Waals surface area contributed by atoms with E-state index in [0.29, 0.717) is 19.3 Å². The third kappa shape index (κ3) is 2.00. The Labute approximate surface area is 130 Å². The molecule has 0 spiro atoms. The number of carboxylic acid groups (broad SMARTS) is 1. The average Bonchev–Trinajstić information content (AvgIpc) is 3.03. The molecule has 4 heteroatoms. The standard InChI is InChI=1S/C18H20N2O2/c1-20-15-8-4-3-7-13(15)14-9-11-18(16(14)20,17(21)22)10-5-2-6-12-19/h3-4,7-8H,2,5-6,9-11H2,1H3,(H,21,22)/t18-/m0/s1. The first-order valence-corrected chi connectivity index (χ1v) is 7.79. The monoisotopic (exact) mass is 296 g/mol. The van der Waals surface area contributed by atoms with Crippen molar-refractivity contribution in [1.29, 1.82) is 5.26 Å². The zero-order chi connectivity index (χ0) is 15.7. The summed E-state index contributed by atoms with van der Waals surface area (Å²) in [5.74, 6) is -0.728. The van der Waals surface area contributed by atoms with Gasteiger partial charge >= 0.3 is 5.97 Å². The third-order valence-electron chi connectivity index (χ3n) is 5.02. The number of aromatic nitrogens is 1. The molecule has 4 nitrogen and oxygen atoms in total. The topological polar surface area (TPSA) is 66.0 Å². The predicted octanol–water partition coefficient (Wildman–Crippen LogP) is 3.53. The first kappa shape index (κ1) is 14.6. The Bertz CT molecular complexity index is 769. The highest BCUT2D eigenvalue weighted by Gasteiger charge is 2.48. The summed E-state index contributed by atoms with van der Waals surface area (Å²) in [6.45, 7) is 0. The number of para-hydroxylation sites is 1. The largest absolute Gasteiger partial charge is 0.481 e. The maximum absolute atomic E-state index is 12.1. The number of benzene rings is 1.